The topological polar surface area (TPSA) is 124 Å². The van der Waals surface area contributed by atoms with E-state index in [0.29, 0.717) is 44.4 Å². The molecule has 6 rings (SSSR count). The minimum Gasteiger partial charge on any atom is -0.379 e. The Morgan fingerprint density at radius 1 is 1.12 bits per heavy atom. The lowest BCUT2D eigenvalue weighted by molar-refractivity contribution is -0.0404. The van der Waals surface area contributed by atoms with Crippen LogP contribution in [0.3, 0.4) is 0 Å². The Morgan fingerprint density at radius 3 is 2.58 bits per heavy atom. The number of nitrogens with zero attached hydrogens (tertiary/aromatic N) is 6. The average molecular weight is 622 g/mol. The fourth-order valence-electron chi connectivity index (χ4n) is 6.93. The van der Waals surface area contributed by atoms with Gasteiger partial charge in [0, 0.05) is 50.1 Å². The van der Waals surface area contributed by atoms with Crippen LogP contribution in [0.15, 0.2) is 6.07 Å². The molecule has 0 spiro atoms. The molecule has 4 fully saturated rings. The molecule has 4 aliphatic heterocycles. The van der Waals surface area contributed by atoms with Gasteiger partial charge >= 0.3 is 0 Å². The molecule has 2 bridgehead atoms. The smallest absolute Gasteiger partial charge is 0.227 e. The first-order valence-corrected chi connectivity index (χ1v) is 17.3. The molecule has 4 saturated heterocycles. The van der Waals surface area contributed by atoms with Crippen LogP contribution in [-0.2, 0) is 30.8 Å². The molecule has 0 radical (unpaired) electrons. The zero-order valence-electron chi connectivity index (χ0n) is 25.4. The average Bonchev–Trinajstić information content (AvgIpc) is 3.66. The number of aryl methyl sites for hydroxylation is 1. The van der Waals surface area contributed by atoms with E-state index in [1.54, 1.807) is 11.2 Å². The van der Waals surface area contributed by atoms with Crippen LogP contribution in [0.25, 0.3) is 0 Å². The molecule has 0 saturated carbocycles. The first-order valence-electron chi connectivity index (χ1n) is 15.7. The van der Waals surface area contributed by atoms with E-state index in [-0.39, 0.29) is 54.3 Å². The molecule has 43 heavy (non-hydrogen) atoms. The summed E-state index contributed by atoms with van der Waals surface area (Å²) in [6.07, 6.45) is 7.55. The number of aromatic nitrogens is 4. The minimum absolute atomic E-state index is 0.0128. The van der Waals surface area contributed by atoms with Gasteiger partial charge in [0.2, 0.25) is 16.0 Å². The molecule has 6 heterocycles. The van der Waals surface area contributed by atoms with E-state index >= 15 is 4.39 Å². The molecule has 0 aliphatic carbocycles. The molecule has 2 aromatic rings. The van der Waals surface area contributed by atoms with Crippen molar-refractivity contribution in [1.82, 2.24) is 24.1 Å². The fraction of sp³-hybridized carbons (Fsp3) is 0.759. The van der Waals surface area contributed by atoms with E-state index in [1.807, 2.05) is 29.6 Å². The highest BCUT2D eigenvalue weighted by atomic mass is 32.2. The van der Waals surface area contributed by atoms with Crippen molar-refractivity contribution in [1.29, 1.82) is 0 Å². The van der Waals surface area contributed by atoms with Crippen molar-refractivity contribution in [2.75, 3.05) is 42.8 Å². The molecule has 238 valence electrons. The standard InChI is InChI=1S/C29H44FN7O5S/c1-4-43(38,39)37-20-8-7-9-21(37)16-22(15-20)35(3)29-31-24(18-42-23-11-13-40-17-23)27(30)28(33-29)32-25-14-19(2)36(34-25)26-10-5-6-12-41-26/h14,20-23,26H,4-13,15-18H2,1-3H3,(H,31,32,33,34)/t20-,21+,22?,23-,26?/m1/s1. The van der Waals surface area contributed by atoms with Gasteiger partial charge in [0.25, 0.3) is 0 Å². The molecule has 0 aromatic carbocycles. The highest BCUT2D eigenvalue weighted by Gasteiger charge is 2.45. The molecule has 1 N–H and O–H groups in total. The number of piperidine rings is 2. The largest absolute Gasteiger partial charge is 0.379 e. The molecule has 14 heteroatoms. The summed E-state index contributed by atoms with van der Waals surface area (Å²) in [5, 5.41) is 7.79. The van der Waals surface area contributed by atoms with Crippen LogP contribution in [-0.4, -0.2) is 89.3 Å². The van der Waals surface area contributed by atoms with Crippen molar-refractivity contribution in [2.24, 2.45) is 0 Å². The number of hydrogen-bond acceptors (Lipinski definition) is 10. The number of anilines is 3. The summed E-state index contributed by atoms with van der Waals surface area (Å²) in [4.78, 5) is 11.3. The maximum absolute atomic E-state index is 15.9. The van der Waals surface area contributed by atoms with Crippen molar-refractivity contribution in [3.8, 4) is 0 Å². The van der Waals surface area contributed by atoms with Crippen LogP contribution >= 0.6 is 0 Å². The highest BCUT2D eigenvalue weighted by Crippen LogP contribution is 2.39. The maximum atomic E-state index is 15.9. The maximum Gasteiger partial charge on any atom is 0.227 e. The zero-order chi connectivity index (χ0) is 30.1. The summed E-state index contributed by atoms with van der Waals surface area (Å²) < 4.78 is 62.7. The van der Waals surface area contributed by atoms with E-state index in [1.165, 1.54) is 0 Å². The summed E-state index contributed by atoms with van der Waals surface area (Å²) >= 11 is 0. The van der Waals surface area contributed by atoms with Gasteiger partial charge in [0.15, 0.2) is 23.7 Å². The molecular formula is C29H44FN7O5S. The van der Waals surface area contributed by atoms with E-state index in [2.05, 4.69) is 20.4 Å². The van der Waals surface area contributed by atoms with E-state index in [0.717, 1.165) is 50.6 Å². The molecule has 4 aliphatic rings. The number of fused-ring (bicyclic) bond motifs is 2. The zero-order valence-corrected chi connectivity index (χ0v) is 26.2. The van der Waals surface area contributed by atoms with Gasteiger partial charge in [-0.05, 0) is 65.2 Å². The lowest BCUT2D eigenvalue weighted by Crippen LogP contribution is -2.58. The Kier molecular flexibility index (Phi) is 9.20. The number of sulfonamides is 1. The van der Waals surface area contributed by atoms with Crippen LogP contribution in [0, 0.1) is 12.7 Å². The summed E-state index contributed by atoms with van der Waals surface area (Å²) in [5.41, 5.74) is 1.07. The SMILES string of the molecule is CCS(=O)(=O)N1[C@@H]2CCC[C@H]1CC(N(C)c1nc(CO[C@@H]3CCOC3)c(F)c(Nc3cc(C)n(C4CCCCO4)n3)n1)C2. The highest BCUT2D eigenvalue weighted by molar-refractivity contribution is 7.89. The molecular weight excluding hydrogens is 577 g/mol. The Hall–Kier alpha value is -2.39. The van der Waals surface area contributed by atoms with Gasteiger partial charge in [-0.15, -0.1) is 0 Å². The lowest BCUT2D eigenvalue weighted by atomic mass is 9.83. The van der Waals surface area contributed by atoms with Crippen LogP contribution in [0.5, 0.6) is 0 Å². The van der Waals surface area contributed by atoms with Crippen molar-refractivity contribution >= 4 is 27.6 Å². The van der Waals surface area contributed by atoms with Gasteiger partial charge in [-0.1, -0.05) is 6.42 Å². The van der Waals surface area contributed by atoms with E-state index < -0.39 is 15.8 Å². The third kappa shape index (κ3) is 6.53. The van der Waals surface area contributed by atoms with Crippen LogP contribution in [0.4, 0.5) is 22.0 Å². The van der Waals surface area contributed by atoms with Crippen LogP contribution in [0.1, 0.15) is 82.3 Å². The predicted molar refractivity (Wildman–Crippen MR) is 159 cm³/mol. The number of ether oxygens (including phenoxy) is 3. The van der Waals surface area contributed by atoms with Crippen molar-refractivity contribution < 1.29 is 27.0 Å². The quantitative estimate of drug-likeness (QED) is 0.416. The summed E-state index contributed by atoms with van der Waals surface area (Å²) in [5.74, 6) is 0.387. The number of hydrogen-bond donors (Lipinski definition) is 1. The second-order valence-electron chi connectivity index (χ2n) is 12.2. The lowest BCUT2D eigenvalue weighted by Gasteiger charge is -2.49. The molecule has 5 atom stereocenters. The fourth-order valence-corrected chi connectivity index (χ4v) is 8.52. The first kappa shape index (κ1) is 30.6. The Bertz CT molecular complexity index is 1370. The van der Waals surface area contributed by atoms with Crippen molar-refractivity contribution in [2.45, 2.75) is 109 Å². The predicted octanol–water partition coefficient (Wildman–Crippen LogP) is 4.04. The van der Waals surface area contributed by atoms with Crippen LogP contribution < -0.4 is 10.2 Å². The van der Waals surface area contributed by atoms with Crippen LogP contribution in [0.2, 0.25) is 0 Å². The Morgan fingerprint density at radius 2 is 1.91 bits per heavy atom. The minimum atomic E-state index is -3.29. The Labute approximate surface area is 253 Å². The van der Waals surface area contributed by atoms with Crippen molar-refractivity contribution in [3.05, 3.63) is 23.3 Å². The second kappa shape index (κ2) is 12.9. The monoisotopic (exact) mass is 621 g/mol. The Balaban J connectivity index is 1.27. The van der Waals surface area contributed by atoms with Crippen molar-refractivity contribution in [3.63, 3.8) is 0 Å². The third-order valence-corrected chi connectivity index (χ3v) is 11.2. The molecule has 2 aromatic heterocycles. The van der Waals surface area contributed by atoms with Gasteiger partial charge < -0.3 is 24.4 Å². The second-order valence-corrected chi connectivity index (χ2v) is 14.4. The van der Waals surface area contributed by atoms with Gasteiger partial charge in [0.05, 0.1) is 25.1 Å². The van der Waals surface area contributed by atoms with E-state index in [4.69, 9.17) is 14.2 Å². The number of rotatable bonds is 10. The third-order valence-electron chi connectivity index (χ3n) is 9.28. The number of nitrogens with one attached hydrogen (secondary N) is 1. The normalized spacial score (nSPS) is 28.2. The van der Waals surface area contributed by atoms with Gasteiger partial charge in [-0.2, -0.15) is 14.4 Å². The molecule has 0 amide bonds. The van der Waals surface area contributed by atoms with Gasteiger partial charge in [-0.25, -0.2) is 22.5 Å². The first-order chi connectivity index (χ1) is 20.7. The summed E-state index contributed by atoms with van der Waals surface area (Å²) in [6.45, 7) is 5.45. The summed E-state index contributed by atoms with van der Waals surface area (Å²) in [6, 6.07) is 1.77. The summed E-state index contributed by atoms with van der Waals surface area (Å²) in [7, 11) is -1.38. The number of halogens is 1. The van der Waals surface area contributed by atoms with Gasteiger partial charge in [0.1, 0.15) is 5.69 Å². The molecule has 2 unspecified atom stereocenters. The van der Waals surface area contributed by atoms with E-state index in [9.17, 15) is 8.42 Å². The molecule has 12 nitrogen and oxygen atoms in total. The van der Waals surface area contributed by atoms with Gasteiger partial charge in [-0.3, -0.25) is 0 Å².